The highest BCUT2D eigenvalue weighted by Gasteiger charge is 2.70. The van der Waals surface area contributed by atoms with Crippen molar-refractivity contribution in [3.05, 3.63) is 23.3 Å². The largest absolute Gasteiger partial charge is 0.513 e. The van der Waals surface area contributed by atoms with E-state index in [1.165, 1.54) is 4.90 Å². The van der Waals surface area contributed by atoms with Gasteiger partial charge in [0.1, 0.15) is 0 Å². The van der Waals surface area contributed by atoms with Crippen LogP contribution >= 0.6 is 23.2 Å². The zero-order valence-electron chi connectivity index (χ0n) is 20.4. The molecule has 3 aliphatic rings. The highest BCUT2D eigenvalue weighted by atomic mass is 35.5. The van der Waals surface area contributed by atoms with Crippen molar-refractivity contribution in [2.45, 2.75) is 69.1 Å². The fourth-order valence-corrected chi connectivity index (χ4v) is 6.02. The summed E-state index contributed by atoms with van der Waals surface area (Å²) in [6, 6.07) is 2.70. The molecule has 36 heavy (non-hydrogen) atoms. The van der Waals surface area contributed by atoms with Crippen LogP contribution in [0.3, 0.4) is 0 Å². The number of aliphatic hydroxyl groups is 1. The van der Waals surface area contributed by atoms with Crippen LogP contribution in [-0.4, -0.2) is 77.3 Å². The Bertz CT molecular complexity index is 1040. The highest BCUT2D eigenvalue weighted by Crippen LogP contribution is 2.61. The summed E-state index contributed by atoms with van der Waals surface area (Å²) in [5.74, 6) is 0.911. The molecule has 1 saturated carbocycles. The van der Waals surface area contributed by atoms with Gasteiger partial charge in [0.05, 0.1) is 30.3 Å². The first-order valence-electron chi connectivity index (χ1n) is 12.2. The van der Waals surface area contributed by atoms with Crippen molar-refractivity contribution in [2.24, 2.45) is 0 Å². The first kappa shape index (κ1) is 26.8. The van der Waals surface area contributed by atoms with Gasteiger partial charge in [-0.2, -0.15) is 0 Å². The Balaban J connectivity index is 1.72. The van der Waals surface area contributed by atoms with Crippen LogP contribution in [0.5, 0.6) is 11.5 Å². The van der Waals surface area contributed by atoms with Gasteiger partial charge >= 0.3 is 12.2 Å². The molecule has 1 unspecified atom stereocenters. The predicted octanol–water partition coefficient (Wildman–Crippen LogP) is 3.96. The fourth-order valence-electron chi connectivity index (χ4n) is 5.80. The SMILES string of the molecule is CCN(C(=O)OCCCCl)[C@@H]1Cc2ccc(OC(=O)OCCCCl)c3c2[C@@]2(C)[C@@H](O3)C(=O)CCC12O. The van der Waals surface area contributed by atoms with Gasteiger partial charge in [0.25, 0.3) is 0 Å². The third-order valence-electron chi connectivity index (χ3n) is 7.54. The second kappa shape index (κ2) is 10.6. The Morgan fingerprint density at radius 2 is 1.89 bits per heavy atom. The molecular weight excluding hydrogens is 513 g/mol. The van der Waals surface area contributed by atoms with Crippen LogP contribution in [0.25, 0.3) is 0 Å². The van der Waals surface area contributed by atoms with Crippen LogP contribution in [0, 0.1) is 0 Å². The Kier molecular flexibility index (Phi) is 7.92. The van der Waals surface area contributed by atoms with Crippen molar-refractivity contribution in [1.29, 1.82) is 0 Å². The van der Waals surface area contributed by atoms with Gasteiger partial charge in [-0.15, -0.1) is 23.2 Å². The van der Waals surface area contributed by atoms with Crippen molar-refractivity contribution in [1.82, 2.24) is 4.90 Å². The van der Waals surface area contributed by atoms with Gasteiger partial charge in [0.15, 0.2) is 23.4 Å². The minimum Gasteiger partial charge on any atom is -0.477 e. The zero-order valence-corrected chi connectivity index (χ0v) is 21.9. The summed E-state index contributed by atoms with van der Waals surface area (Å²) in [6.07, 6.45) is -0.879. The average molecular weight is 544 g/mol. The third kappa shape index (κ3) is 4.29. The molecule has 0 spiro atoms. The van der Waals surface area contributed by atoms with Gasteiger partial charge in [0, 0.05) is 30.3 Å². The van der Waals surface area contributed by atoms with E-state index in [2.05, 4.69) is 0 Å². The summed E-state index contributed by atoms with van der Waals surface area (Å²) in [5, 5.41) is 12.3. The molecule has 9 nitrogen and oxygen atoms in total. The number of hydrogen-bond donors (Lipinski definition) is 1. The lowest BCUT2D eigenvalue weighted by atomic mass is 9.52. The smallest absolute Gasteiger partial charge is 0.477 e. The van der Waals surface area contributed by atoms with Gasteiger partial charge in [-0.1, -0.05) is 6.07 Å². The number of carbonyl (C=O) groups excluding carboxylic acids is 3. The number of alkyl halides is 2. The Morgan fingerprint density at radius 1 is 1.19 bits per heavy atom. The van der Waals surface area contributed by atoms with Crippen LogP contribution in [0.2, 0.25) is 0 Å². The van der Waals surface area contributed by atoms with E-state index in [0.29, 0.717) is 43.1 Å². The number of ketones is 1. The summed E-state index contributed by atoms with van der Waals surface area (Å²) in [5.41, 5.74) is -1.22. The van der Waals surface area contributed by atoms with Gasteiger partial charge in [-0.05, 0) is 51.2 Å². The number of nitrogens with zero attached hydrogens (tertiary/aromatic N) is 1. The summed E-state index contributed by atoms with van der Waals surface area (Å²) in [6.45, 7) is 4.19. The number of Topliss-reactive ketones (excluding diaryl/α,β-unsaturated/α-hetero) is 1. The molecule has 2 aliphatic carbocycles. The van der Waals surface area contributed by atoms with E-state index in [-0.39, 0.29) is 43.3 Å². The molecule has 1 fully saturated rings. The normalized spacial score (nSPS) is 27.6. The maximum absolute atomic E-state index is 13.0. The standard InChI is InChI=1S/C25H31Cl2NO8/c1-3-28(22(30)33-12-4-10-26)18-14-15-6-7-17(35-23(31)34-13-5-11-27)20-19(15)24(2)21(36-20)16(29)8-9-25(18,24)32/h6-7,18,21,32H,3-5,8-14H2,1-2H3/t18-,21+,24+,25?/m1/s1. The molecule has 4 rings (SSSR count). The van der Waals surface area contributed by atoms with E-state index in [9.17, 15) is 19.5 Å². The van der Waals surface area contributed by atoms with Crippen molar-refractivity contribution in [2.75, 3.05) is 31.5 Å². The van der Waals surface area contributed by atoms with Crippen molar-refractivity contribution < 1.29 is 38.4 Å². The summed E-state index contributed by atoms with van der Waals surface area (Å²) < 4.78 is 22.0. The molecular formula is C25H31Cl2NO8. The molecule has 0 saturated heterocycles. The fraction of sp³-hybridized carbons (Fsp3) is 0.640. The molecule has 11 heteroatoms. The van der Waals surface area contributed by atoms with Crippen LogP contribution in [-0.2, 0) is 26.1 Å². The average Bonchev–Trinajstić information content (AvgIpc) is 3.19. The van der Waals surface area contributed by atoms with E-state index in [4.69, 9.17) is 42.1 Å². The lowest BCUT2D eigenvalue weighted by Crippen LogP contribution is -2.72. The topological polar surface area (TPSA) is 112 Å². The summed E-state index contributed by atoms with van der Waals surface area (Å²) in [4.78, 5) is 39.8. The molecule has 1 aliphatic heterocycles. The molecule has 198 valence electrons. The highest BCUT2D eigenvalue weighted by molar-refractivity contribution is 6.18. The van der Waals surface area contributed by atoms with Crippen molar-refractivity contribution >= 4 is 41.2 Å². The van der Waals surface area contributed by atoms with Crippen molar-refractivity contribution in [3.8, 4) is 11.5 Å². The maximum Gasteiger partial charge on any atom is 0.513 e. The molecule has 0 aromatic heterocycles. The van der Waals surface area contributed by atoms with Crippen LogP contribution in [0.1, 0.15) is 50.7 Å². The number of ether oxygens (including phenoxy) is 4. The molecule has 0 bridgehead atoms. The zero-order chi connectivity index (χ0) is 26.1. The number of halogens is 2. The van der Waals surface area contributed by atoms with E-state index in [1.54, 1.807) is 19.1 Å². The quantitative estimate of drug-likeness (QED) is 0.215. The van der Waals surface area contributed by atoms with Gasteiger partial charge in [-0.25, -0.2) is 9.59 Å². The minimum atomic E-state index is -1.48. The summed E-state index contributed by atoms with van der Waals surface area (Å²) >= 11 is 11.3. The number of likely N-dealkylation sites (N-methyl/N-ethyl adjacent to an activating group) is 1. The number of rotatable bonds is 9. The lowest BCUT2D eigenvalue weighted by Gasteiger charge is -2.56. The molecule has 1 N–H and O–H groups in total. The Hall–Kier alpha value is -2.23. The second-order valence-electron chi connectivity index (χ2n) is 9.42. The second-order valence-corrected chi connectivity index (χ2v) is 10.2. The van der Waals surface area contributed by atoms with E-state index in [0.717, 1.165) is 5.56 Å². The Morgan fingerprint density at radius 3 is 2.56 bits per heavy atom. The predicted molar refractivity (Wildman–Crippen MR) is 131 cm³/mol. The third-order valence-corrected chi connectivity index (χ3v) is 8.08. The van der Waals surface area contributed by atoms with E-state index < -0.39 is 35.4 Å². The van der Waals surface area contributed by atoms with Crippen LogP contribution in [0.15, 0.2) is 12.1 Å². The van der Waals surface area contributed by atoms with Crippen LogP contribution < -0.4 is 9.47 Å². The number of amides is 1. The van der Waals surface area contributed by atoms with Gasteiger partial charge < -0.3 is 29.0 Å². The molecule has 1 aromatic carbocycles. The van der Waals surface area contributed by atoms with Gasteiger partial charge in [0.2, 0.25) is 0 Å². The molecule has 4 atom stereocenters. The van der Waals surface area contributed by atoms with Crippen LogP contribution in [0.4, 0.5) is 9.59 Å². The number of hydrogen-bond acceptors (Lipinski definition) is 8. The maximum atomic E-state index is 13.0. The molecule has 1 heterocycles. The number of benzene rings is 1. The minimum absolute atomic E-state index is 0.0894. The number of carbonyl (C=O) groups is 3. The van der Waals surface area contributed by atoms with E-state index >= 15 is 0 Å². The van der Waals surface area contributed by atoms with E-state index in [1.807, 2.05) is 6.92 Å². The Labute approximate surface area is 219 Å². The molecule has 0 radical (unpaired) electrons. The summed E-state index contributed by atoms with van der Waals surface area (Å²) in [7, 11) is 0. The molecule has 1 amide bonds. The molecule has 1 aromatic rings. The first-order chi connectivity index (χ1) is 17.2. The monoisotopic (exact) mass is 543 g/mol. The first-order valence-corrected chi connectivity index (χ1v) is 13.3. The van der Waals surface area contributed by atoms with Gasteiger partial charge in [-0.3, -0.25) is 4.79 Å². The lowest BCUT2D eigenvalue weighted by molar-refractivity contribution is -0.163. The van der Waals surface area contributed by atoms with Crippen molar-refractivity contribution in [3.63, 3.8) is 0 Å².